The minimum Gasteiger partial charge on any atom is -0.478 e. The van der Waals surface area contributed by atoms with Crippen molar-refractivity contribution < 1.29 is 9.90 Å². The highest BCUT2D eigenvalue weighted by molar-refractivity contribution is 5.94. The third-order valence-electron chi connectivity index (χ3n) is 3.78. The van der Waals surface area contributed by atoms with Gasteiger partial charge in [-0.05, 0) is 56.2 Å². The SMILES string of the molecule is Cc1ccc(C(=O)O)c(NC2CCC(C)CC2)c1. The van der Waals surface area contributed by atoms with E-state index in [9.17, 15) is 9.90 Å². The van der Waals surface area contributed by atoms with Gasteiger partial charge in [-0.3, -0.25) is 0 Å². The van der Waals surface area contributed by atoms with Crippen LogP contribution in [0.5, 0.6) is 0 Å². The Morgan fingerprint density at radius 1 is 1.28 bits per heavy atom. The molecule has 3 heteroatoms. The Morgan fingerprint density at radius 3 is 2.56 bits per heavy atom. The van der Waals surface area contributed by atoms with Gasteiger partial charge >= 0.3 is 5.97 Å². The van der Waals surface area contributed by atoms with Gasteiger partial charge in [-0.1, -0.05) is 13.0 Å². The summed E-state index contributed by atoms with van der Waals surface area (Å²) >= 11 is 0. The zero-order valence-electron chi connectivity index (χ0n) is 11.1. The molecule has 0 spiro atoms. The quantitative estimate of drug-likeness (QED) is 0.856. The fourth-order valence-corrected chi connectivity index (χ4v) is 2.59. The summed E-state index contributed by atoms with van der Waals surface area (Å²) in [6.45, 7) is 4.27. The summed E-state index contributed by atoms with van der Waals surface area (Å²) in [5, 5.41) is 12.6. The molecule has 1 fully saturated rings. The van der Waals surface area contributed by atoms with Crippen LogP contribution in [0.3, 0.4) is 0 Å². The molecule has 1 aromatic carbocycles. The molecule has 0 saturated heterocycles. The lowest BCUT2D eigenvalue weighted by Crippen LogP contribution is -2.26. The number of rotatable bonds is 3. The van der Waals surface area contributed by atoms with E-state index in [-0.39, 0.29) is 0 Å². The Labute approximate surface area is 108 Å². The standard InChI is InChI=1S/C15H21NO2/c1-10-3-6-12(7-4-10)16-14-9-11(2)5-8-13(14)15(17)18/h5,8-10,12,16H,3-4,6-7H2,1-2H3,(H,17,18). The van der Waals surface area contributed by atoms with Crippen molar-refractivity contribution in [1.29, 1.82) is 0 Å². The van der Waals surface area contributed by atoms with Crippen LogP contribution < -0.4 is 5.32 Å². The van der Waals surface area contributed by atoms with Crippen LogP contribution in [-0.4, -0.2) is 17.1 Å². The number of anilines is 1. The van der Waals surface area contributed by atoms with E-state index in [2.05, 4.69) is 12.2 Å². The second-order valence-corrected chi connectivity index (χ2v) is 5.46. The normalized spacial score (nSPS) is 23.7. The van der Waals surface area contributed by atoms with Gasteiger partial charge in [0.1, 0.15) is 0 Å². The zero-order chi connectivity index (χ0) is 13.1. The van der Waals surface area contributed by atoms with E-state index >= 15 is 0 Å². The minimum absolute atomic E-state index is 0.374. The van der Waals surface area contributed by atoms with Gasteiger partial charge in [0.15, 0.2) is 0 Å². The first kappa shape index (κ1) is 12.9. The first-order chi connectivity index (χ1) is 8.56. The van der Waals surface area contributed by atoms with Crippen molar-refractivity contribution in [1.82, 2.24) is 0 Å². The van der Waals surface area contributed by atoms with Gasteiger partial charge in [0.2, 0.25) is 0 Å². The lowest BCUT2D eigenvalue weighted by Gasteiger charge is -2.28. The van der Waals surface area contributed by atoms with E-state index in [1.165, 1.54) is 12.8 Å². The maximum absolute atomic E-state index is 11.2. The monoisotopic (exact) mass is 247 g/mol. The maximum atomic E-state index is 11.2. The molecule has 1 aliphatic carbocycles. The average molecular weight is 247 g/mol. The summed E-state index contributed by atoms with van der Waals surface area (Å²) in [5.41, 5.74) is 2.23. The van der Waals surface area contributed by atoms with Crippen molar-refractivity contribution in [2.24, 2.45) is 5.92 Å². The maximum Gasteiger partial charge on any atom is 0.337 e. The fraction of sp³-hybridized carbons (Fsp3) is 0.533. The van der Waals surface area contributed by atoms with E-state index in [1.807, 2.05) is 19.1 Å². The van der Waals surface area contributed by atoms with Crippen molar-refractivity contribution in [2.75, 3.05) is 5.32 Å². The molecule has 0 amide bonds. The Morgan fingerprint density at radius 2 is 1.94 bits per heavy atom. The molecular formula is C15H21NO2. The molecule has 1 saturated carbocycles. The van der Waals surface area contributed by atoms with E-state index in [0.29, 0.717) is 11.6 Å². The summed E-state index contributed by atoms with van der Waals surface area (Å²) in [5.74, 6) is -0.0545. The Balaban J connectivity index is 2.12. The molecule has 0 aromatic heterocycles. The minimum atomic E-state index is -0.860. The molecule has 2 rings (SSSR count). The van der Waals surface area contributed by atoms with Crippen LogP contribution in [-0.2, 0) is 0 Å². The van der Waals surface area contributed by atoms with Gasteiger partial charge in [-0.25, -0.2) is 4.79 Å². The number of aryl methyl sites for hydroxylation is 1. The molecular weight excluding hydrogens is 226 g/mol. The summed E-state index contributed by atoms with van der Waals surface area (Å²) < 4.78 is 0. The van der Waals surface area contributed by atoms with Crippen molar-refractivity contribution >= 4 is 11.7 Å². The van der Waals surface area contributed by atoms with Crippen LogP contribution in [0.25, 0.3) is 0 Å². The van der Waals surface area contributed by atoms with E-state index in [0.717, 1.165) is 30.0 Å². The molecule has 2 N–H and O–H groups in total. The van der Waals surface area contributed by atoms with Gasteiger partial charge < -0.3 is 10.4 Å². The van der Waals surface area contributed by atoms with Crippen molar-refractivity contribution in [3.8, 4) is 0 Å². The summed E-state index contributed by atoms with van der Waals surface area (Å²) in [4.78, 5) is 11.2. The number of benzene rings is 1. The highest BCUT2D eigenvalue weighted by Crippen LogP contribution is 2.27. The van der Waals surface area contributed by atoms with Crippen molar-refractivity contribution in [2.45, 2.75) is 45.6 Å². The summed E-state index contributed by atoms with van der Waals surface area (Å²) in [7, 11) is 0. The number of hydrogen-bond acceptors (Lipinski definition) is 2. The van der Waals surface area contributed by atoms with Gasteiger partial charge in [0, 0.05) is 11.7 Å². The molecule has 0 bridgehead atoms. The van der Waals surface area contributed by atoms with Gasteiger partial charge in [0.05, 0.1) is 5.56 Å². The number of carbonyl (C=O) groups is 1. The van der Waals surface area contributed by atoms with Crippen molar-refractivity contribution in [3.05, 3.63) is 29.3 Å². The van der Waals surface area contributed by atoms with Crippen LogP contribution in [0.4, 0.5) is 5.69 Å². The van der Waals surface area contributed by atoms with E-state index < -0.39 is 5.97 Å². The van der Waals surface area contributed by atoms with Crippen LogP contribution in [0.15, 0.2) is 18.2 Å². The van der Waals surface area contributed by atoms with Crippen LogP contribution in [0, 0.1) is 12.8 Å². The predicted molar refractivity (Wildman–Crippen MR) is 73.2 cm³/mol. The molecule has 3 nitrogen and oxygen atoms in total. The number of hydrogen-bond donors (Lipinski definition) is 2. The molecule has 1 aliphatic rings. The molecule has 18 heavy (non-hydrogen) atoms. The van der Waals surface area contributed by atoms with Crippen molar-refractivity contribution in [3.63, 3.8) is 0 Å². The zero-order valence-corrected chi connectivity index (χ0v) is 11.1. The molecule has 0 heterocycles. The Hall–Kier alpha value is -1.51. The lowest BCUT2D eigenvalue weighted by molar-refractivity contribution is 0.0698. The first-order valence-electron chi connectivity index (χ1n) is 6.66. The topological polar surface area (TPSA) is 49.3 Å². The first-order valence-corrected chi connectivity index (χ1v) is 6.66. The largest absolute Gasteiger partial charge is 0.478 e. The number of carboxylic acid groups (broad SMARTS) is 1. The average Bonchev–Trinajstić information content (AvgIpc) is 2.32. The second kappa shape index (κ2) is 5.42. The molecule has 0 aliphatic heterocycles. The number of carboxylic acids is 1. The van der Waals surface area contributed by atoms with E-state index in [1.54, 1.807) is 6.07 Å². The summed E-state index contributed by atoms with van der Waals surface area (Å²) in [6, 6.07) is 5.88. The number of nitrogens with one attached hydrogen (secondary N) is 1. The smallest absolute Gasteiger partial charge is 0.337 e. The predicted octanol–water partition coefficient (Wildman–Crippen LogP) is 3.68. The highest BCUT2D eigenvalue weighted by atomic mass is 16.4. The lowest BCUT2D eigenvalue weighted by atomic mass is 9.87. The van der Waals surface area contributed by atoms with Crippen LogP contribution >= 0.6 is 0 Å². The molecule has 0 radical (unpaired) electrons. The Bertz CT molecular complexity index is 434. The third-order valence-corrected chi connectivity index (χ3v) is 3.78. The van der Waals surface area contributed by atoms with Crippen LogP contribution in [0.1, 0.15) is 48.5 Å². The van der Waals surface area contributed by atoms with Gasteiger partial charge in [0.25, 0.3) is 0 Å². The third kappa shape index (κ3) is 3.03. The molecule has 98 valence electrons. The second-order valence-electron chi connectivity index (χ2n) is 5.46. The molecule has 0 unspecified atom stereocenters. The summed E-state index contributed by atoms with van der Waals surface area (Å²) in [6.07, 6.45) is 4.72. The fourth-order valence-electron chi connectivity index (χ4n) is 2.59. The molecule has 1 aromatic rings. The van der Waals surface area contributed by atoms with Crippen LogP contribution in [0.2, 0.25) is 0 Å². The van der Waals surface area contributed by atoms with Gasteiger partial charge in [-0.15, -0.1) is 0 Å². The highest BCUT2D eigenvalue weighted by Gasteiger charge is 2.19. The Kier molecular flexibility index (Phi) is 3.90. The molecule has 0 atom stereocenters. The van der Waals surface area contributed by atoms with E-state index in [4.69, 9.17) is 0 Å². The number of aromatic carboxylic acids is 1. The van der Waals surface area contributed by atoms with Gasteiger partial charge in [-0.2, -0.15) is 0 Å².